The number of rotatable bonds is 4. The van der Waals surface area contributed by atoms with Crippen LogP contribution in [0.1, 0.15) is 24.8 Å². The highest BCUT2D eigenvalue weighted by Gasteiger charge is 2.41. The fourth-order valence-corrected chi connectivity index (χ4v) is 3.82. The largest absolute Gasteiger partial charge is 0.373 e. The van der Waals surface area contributed by atoms with Crippen molar-refractivity contribution in [3.63, 3.8) is 0 Å². The van der Waals surface area contributed by atoms with Gasteiger partial charge in [-0.3, -0.25) is 4.99 Å². The minimum Gasteiger partial charge on any atom is -0.373 e. The Balaban J connectivity index is 1.49. The van der Waals surface area contributed by atoms with E-state index in [1.807, 2.05) is 18.2 Å². The molecule has 2 fully saturated rings. The molecule has 0 saturated carbocycles. The second kappa shape index (κ2) is 7.07. The molecule has 0 radical (unpaired) electrons. The van der Waals surface area contributed by atoms with E-state index in [2.05, 4.69) is 15.6 Å². The minimum absolute atomic E-state index is 0.335. The first-order valence-electron chi connectivity index (χ1n) is 7.73. The lowest BCUT2D eigenvalue weighted by molar-refractivity contribution is 0.0992. The Labute approximate surface area is 141 Å². The van der Waals surface area contributed by atoms with E-state index in [1.54, 1.807) is 7.05 Å². The van der Waals surface area contributed by atoms with Crippen LogP contribution in [-0.4, -0.2) is 37.8 Å². The van der Waals surface area contributed by atoms with Crippen molar-refractivity contribution in [3.05, 3.63) is 33.8 Å². The SMILES string of the molecule is CN=C(NCCc1c(Cl)cccc1Cl)NC1CC2CCC1O2. The Kier molecular flexibility index (Phi) is 5.11. The van der Waals surface area contributed by atoms with Crippen LogP contribution in [0.15, 0.2) is 23.2 Å². The molecule has 2 bridgehead atoms. The van der Waals surface area contributed by atoms with Crippen LogP contribution in [0, 0.1) is 0 Å². The first-order valence-corrected chi connectivity index (χ1v) is 8.48. The number of nitrogens with zero attached hydrogens (tertiary/aromatic N) is 1. The molecular weight excluding hydrogens is 321 g/mol. The summed E-state index contributed by atoms with van der Waals surface area (Å²) in [7, 11) is 1.78. The molecule has 22 heavy (non-hydrogen) atoms. The highest BCUT2D eigenvalue weighted by molar-refractivity contribution is 6.35. The summed E-state index contributed by atoms with van der Waals surface area (Å²) in [5.74, 6) is 0.810. The van der Waals surface area contributed by atoms with Gasteiger partial charge in [0.25, 0.3) is 0 Å². The van der Waals surface area contributed by atoms with E-state index in [0.29, 0.717) is 28.3 Å². The summed E-state index contributed by atoms with van der Waals surface area (Å²) in [5.41, 5.74) is 0.969. The average Bonchev–Trinajstić information content (AvgIpc) is 3.11. The Morgan fingerprint density at radius 3 is 2.68 bits per heavy atom. The van der Waals surface area contributed by atoms with Gasteiger partial charge in [-0.15, -0.1) is 0 Å². The van der Waals surface area contributed by atoms with E-state index < -0.39 is 0 Å². The Morgan fingerprint density at radius 1 is 1.32 bits per heavy atom. The number of benzene rings is 1. The van der Waals surface area contributed by atoms with Gasteiger partial charge in [0, 0.05) is 23.6 Å². The Hall–Kier alpha value is -0.970. The molecule has 2 N–H and O–H groups in total. The summed E-state index contributed by atoms with van der Waals surface area (Å²) in [5, 5.41) is 8.20. The van der Waals surface area contributed by atoms with Gasteiger partial charge in [-0.25, -0.2) is 0 Å². The molecule has 120 valence electrons. The second-order valence-electron chi connectivity index (χ2n) is 5.81. The first-order chi connectivity index (χ1) is 10.7. The number of halogens is 2. The predicted octanol–water partition coefficient (Wildman–Crippen LogP) is 3.02. The van der Waals surface area contributed by atoms with Gasteiger partial charge in [-0.2, -0.15) is 0 Å². The molecule has 3 rings (SSSR count). The summed E-state index contributed by atoms with van der Waals surface area (Å²) in [6.07, 6.45) is 4.94. The zero-order valence-electron chi connectivity index (χ0n) is 12.6. The number of ether oxygens (including phenoxy) is 1. The van der Waals surface area contributed by atoms with Crippen molar-refractivity contribution in [1.82, 2.24) is 10.6 Å². The van der Waals surface area contributed by atoms with Crippen LogP contribution in [0.5, 0.6) is 0 Å². The summed E-state index contributed by atoms with van der Waals surface area (Å²) >= 11 is 12.4. The lowest BCUT2D eigenvalue weighted by atomic mass is 9.96. The van der Waals surface area contributed by atoms with Crippen LogP contribution in [0.2, 0.25) is 10.0 Å². The molecule has 0 aliphatic carbocycles. The maximum Gasteiger partial charge on any atom is 0.191 e. The molecule has 3 atom stereocenters. The average molecular weight is 342 g/mol. The molecule has 0 aromatic heterocycles. The standard InChI is InChI=1S/C16H21Cl2N3O/c1-19-16(21-14-9-10-5-6-15(14)22-10)20-8-7-11-12(17)3-2-4-13(11)18/h2-4,10,14-15H,5-9H2,1H3,(H2,19,20,21). The highest BCUT2D eigenvalue weighted by Crippen LogP contribution is 2.34. The smallest absolute Gasteiger partial charge is 0.191 e. The minimum atomic E-state index is 0.335. The van der Waals surface area contributed by atoms with Crippen LogP contribution in [-0.2, 0) is 11.2 Å². The first kappa shape index (κ1) is 15.9. The molecule has 6 heteroatoms. The predicted molar refractivity (Wildman–Crippen MR) is 91.0 cm³/mol. The number of guanidine groups is 1. The third-order valence-electron chi connectivity index (χ3n) is 4.38. The lowest BCUT2D eigenvalue weighted by Gasteiger charge is -2.22. The third-order valence-corrected chi connectivity index (χ3v) is 5.09. The van der Waals surface area contributed by atoms with Crippen molar-refractivity contribution < 1.29 is 4.74 Å². The summed E-state index contributed by atoms with van der Waals surface area (Å²) in [4.78, 5) is 4.28. The quantitative estimate of drug-likeness (QED) is 0.653. The zero-order valence-corrected chi connectivity index (χ0v) is 14.1. The van der Waals surface area contributed by atoms with Crippen LogP contribution >= 0.6 is 23.2 Å². The van der Waals surface area contributed by atoms with Gasteiger partial charge in [0.2, 0.25) is 0 Å². The Bertz CT molecular complexity index is 544. The molecule has 2 aliphatic rings. The van der Waals surface area contributed by atoms with Crippen LogP contribution in [0.4, 0.5) is 0 Å². The monoisotopic (exact) mass is 341 g/mol. The number of hydrogen-bond donors (Lipinski definition) is 2. The molecule has 0 spiro atoms. The van der Waals surface area contributed by atoms with Gasteiger partial charge >= 0.3 is 0 Å². The summed E-state index contributed by atoms with van der Waals surface area (Å²) in [6.45, 7) is 0.727. The topological polar surface area (TPSA) is 45.7 Å². The van der Waals surface area contributed by atoms with E-state index in [4.69, 9.17) is 27.9 Å². The number of nitrogens with one attached hydrogen (secondary N) is 2. The van der Waals surface area contributed by atoms with Gasteiger partial charge in [0.15, 0.2) is 5.96 Å². The van der Waals surface area contributed by atoms with Crippen molar-refractivity contribution in [2.75, 3.05) is 13.6 Å². The van der Waals surface area contributed by atoms with Crippen molar-refractivity contribution in [1.29, 1.82) is 0 Å². The Morgan fingerprint density at radius 2 is 2.09 bits per heavy atom. The normalized spacial score (nSPS) is 27.2. The molecule has 2 heterocycles. The molecule has 0 amide bonds. The van der Waals surface area contributed by atoms with E-state index in [9.17, 15) is 0 Å². The van der Waals surface area contributed by atoms with E-state index in [-0.39, 0.29) is 0 Å². The van der Waals surface area contributed by atoms with Gasteiger partial charge in [-0.05, 0) is 43.4 Å². The van der Waals surface area contributed by atoms with Crippen molar-refractivity contribution in [2.24, 2.45) is 4.99 Å². The summed E-state index contributed by atoms with van der Waals surface area (Å²) in [6, 6.07) is 5.95. The molecule has 3 unspecified atom stereocenters. The van der Waals surface area contributed by atoms with Crippen molar-refractivity contribution >= 4 is 29.2 Å². The van der Waals surface area contributed by atoms with Crippen LogP contribution in [0.25, 0.3) is 0 Å². The molecule has 4 nitrogen and oxygen atoms in total. The lowest BCUT2D eigenvalue weighted by Crippen LogP contribution is -2.47. The van der Waals surface area contributed by atoms with Gasteiger partial charge in [-0.1, -0.05) is 29.3 Å². The van der Waals surface area contributed by atoms with E-state index in [1.165, 1.54) is 6.42 Å². The van der Waals surface area contributed by atoms with Gasteiger partial charge in [0.1, 0.15) is 0 Å². The van der Waals surface area contributed by atoms with Gasteiger partial charge < -0.3 is 15.4 Å². The number of hydrogen-bond acceptors (Lipinski definition) is 2. The fraction of sp³-hybridized carbons (Fsp3) is 0.562. The number of fused-ring (bicyclic) bond motifs is 2. The maximum absolute atomic E-state index is 6.18. The maximum atomic E-state index is 6.18. The fourth-order valence-electron chi connectivity index (χ4n) is 3.24. The highest BCUT2D eigenvalue weighted by atomic mass is 35.5. The molecule has 2 aliphatic heterocycles. The molecule has 1 aromatic carbocycles. The molecule has 2 saturated heterocycles. The van der Waals surface area contributed by atoms with Crippen molar-refractivity contribution in [3.8, 4) is 0 Å². The number of aliphatic imine (C=N–C) groups is 1. The van der Waals surface area contributed by atoms with Crippen LogP contribution < -0.4 is 10.6 Å². The molecule has 1 aromatic rings. The summed E-state index contributed by atoms with van der Waals surface area (Å²) < 4.78 is 5.86. The second-order valence-corrected chi connectivity index (χ2v) is 6.62. The van der Waals surface area contributed by atoms with E-state index >= 15 is 0 Å². The van der Waals surface area contributed by atoms with E-state index in [0.717, 1.165) is 37.3 Å². The van der Waals surface area contributed by atoms with Crippen molar-refractivity contribution in [2.45, 2.75) is 43.9 Å². The zero-order chi connectivity index (χ0) is 15.5. The molecular formula is C16H21Cl2N3O. The van der Waals surface area contributed by atoms with Crippen LogP contribution in [0.3, 0.4) is 0 Å². The van der Waals surface area contributed by atoms with Gasteiger partial charge in [0.05, 0.1) is 18.2 Å². The third kappa shape index (κ3) is 3.50.